The summed E-state index contributed by atoms with van der Waals surface area (Å²) in [5, 5.41) is 9.42. The Kier molecular flexibility index (Phi) is 3.81. The molecule has 0 spiro atoms. The SMILES string of the molecule is N#CCc1cc(F)nc(-c2ccc(Cl)c(Cl)c2)c1. The zero-order valence-electron chi connectivity index (χ0n) is 9.12. The molecule has 5 heteroatoms. The number of benzene rings is 1. The third-order valence-corrected chi connectivity index (χ3v) is 3.09. The fourth-order valence-electron chi connectivity index (χ4n) is 1.55. The smallest absolute Gasteiger partial charge is 0.213 e. The molecule has 0 amide bonds. The zero-order valence-corrected chi connectivity index (χ0v) is 10.6. The van der Waals surface area contributed by atoms with Gasteiger partial charge >= 0.3 is 0 Å². The second-order valence-electron chi connectivity index (χ2n) is 3.65. The molecule has 2 rings (SSSR count). The Bertz CT molecular complexity index is 635. The number of hydrogen-bond donors (Lipinski definition) is 0. The Labute approximate surface area is 114 Å². The lowest BCUT2D eigenvalue weighted by Crippen LogP contribution is -1.92. The average molecular weight is 281 g/mol. The summed E-state index contributed by atoms with van der Waals surface area (Å²) in [7, 11) is 0. The van der Waals surface area contributed by atoms with E-state index in [1.165, 1.54) is 6.07 Å². The molecule has 18 heavy (non-hydrogen) atoms. The van der Waals surface area contributed by atoms with Crippen LogP contribution in [0.4, 0.5) is 4.39 Å². The lowest BCUT2D eigenvalue weighted by molar-refractivity contribution is 0.583. The van der Waals surface area contributed by atoms with Crippen molar-refractivity contribution in [1.29, 1.82) is 5.26 Å². The van der Waals surface area contributed by atoms with Crippen LogP contribution >= 0.6 is 23.2 Å². The summed E-state index contributed by atoms with van der Waals surface area (Å²) in [5.41, 5.74) is 1.66. The summed E-state index contributed by atoms with van der Waals surface area (Å²) in [5.74, 6) is -0.621. The highest BCUT2D eigenvalue weighted by atomic mass is 35.5. The van der Waals surface area contributed by atoms with Crippen LogP contribution in [0.1, 0.15) is 5.56 Å². The van der Waals surface area contributed by atoms with Gasteiger partial charge in [-0.25, -0.2) is 4.98 Å². The summed E-state index contributed by atoms with van der Waals surface area (Å²) < 4.78 is 13.3. The fraction of sp³-hybridized carbons (Fsp3) is 0.0769. The molecular formula is C13H7Cl2FN2. The predicted octanol–water partition coefficient (Wildman–Crippen LogP) is 4.26. The second kappa shape index (κ2) is 5.34. The first-order chi connectivity index (χ1) is 8.60. The molecule has 2 aromatic rings. The molecule has 1 aromatic carbocycles. The maximum Gasteiger partial charge on any atom is 0.213 e. The third kappa shape index (κ3) is 2.79. The maximum absolute atomic E-state index is 13.3. The van der Waals surface area contributed by atoms with E-state index in [4.69, 9.17) is 28.5 Å². The van der Waals surface area contributed by atoms with Crippen LogP contribution in [-0.4, -0.2) is 4.98 Å². The van der Waals surface area contributed by atoms with Gasteiger partial charge in [0, 0.05) is 5.56 Å². The van der Waals surface area contributed by atoms with Gasteiger partial charge in [-0.1, -0.05) is 29.3 Å². The summed E-state index contributed by atoms with van der Waals surface area (Å²) in [4.78, 5) is 3.78. The Morgan fingerprint density at radius 1 is 1.17 bits per heavy atom. The number of nitriles is 1. The normalized spacial score (nSPS) is 10.1. The minimum atomic E-state index is -0.621. The monoisotopic (exact) mass is 280 g/mol. The largest absolute Gasteiger partial charge is 0.220 e. The van der Waals surface area contributed by atoms with Gasteiger partial charge in [0.2, 0.25) is 5.95 Å². The van der Waals surface area contributed by atoms with Crippen molar-refractivity contribution in [3.05, 3.63) is 51.9 Å². The van der Waals surface area contributed by atoms with Gasteiger partial charge in [-0.3, -0.25) is 0 Å². The Morgan fingerprint density at radius 3 is 2.61 bits per heavy atom. The molecule has 0 unspecified atom stereocenters. The summed E-state index contributed by atoms with van der Waals surface area (Å²) in [6, 6.07) is 9.80. The van der Waals surface area contributed by atoms with Crippen molar-refractivity contribution < 1.29 is 4.39 Å². The highest BCUT2D eigenvalue weighted by Crippen LogP contribution is 2.28. The minimum absolute atomic E-state index is 0.133. The Morgan fingerprint density at radius 2 is 1.94 bits per heavy atom. The first-order valence-electron chi connectivity index (χ1n) is 5.09. The predicted molar refractivity (Wildman–Crippen MR) is 69.0 cm³/mol. The van der Waals surface area contributed by atoms with Crippen LogP contribution < -0.4 is 0 Å². The van der Waals surface area contributed by atoms with E-state index in [0.717, 1.165) is 0 Å². The van der Waals surface area contributed by atoms with Crippen molar-refractivity contribution in [2.24, 2.45) is 0 Å². The van der Waals surface area contributed by atoms with Gasteiger partial charge in [0.15, 0.2) is 0 Å². The molecule has 0 aliphatic heterocycles. The van der Waals surface area contributed by atoms with E-state index < -0.39 is 5.95 Å². The Hall–Kier alpha value is -1.63. The van der Waals surface area contributed by atoms with E-state index in [1.807, 2.05) is 6.07 Å². The first-order valence-corrected chi connectivity index (χ1v) is 5.84. The van der Waals surface area contributed by atoms with Crippen molar-refractivity contribution in [2.75, 3.05) is 0 Å². The van der Waals surface area contributed by atoms with Crippen LogP contribution in [0, 0.1) is 17.3 Å². The lowest BCUT2D eigenvalue weighted by Gasteiger charge is -2.05. The van der Waals surface area contributed by atoms with Crippen LogP contribution in [0.25, 0.3) is 11.3 Å². The molecule has 0 saturated heterocycles. The van der Waals surface area contributed by atoms with Gasteiger partial charge < -0.3 is 0 Å². The maximum atomic E-state index is 13.3. The number of rotatable bonds is 2. The number of nitrogens with zero attached hydrogens (tertiary/aromatic N) is 2. The molecule has 0 N–H and O–H groups in total. The first kappa shape index (κ1) is 12.8. The van der Waals surface area contributed by atoms with Crippen molar-refractivity contribution in [1.82, 2.24) is 4.98 Å². The Balaban J connectivity index is 2.50. The lowest BCUT2D eigenvalue weighted by atomic mass is 10.1. The molecule has 0 saturated carbocycles. The molecule has 0 atom stereocenters. The van der Waals surface area contributed by atoms with Gasteiger partial charge in [0.1, 0.15) is 0 Å². The molecule has 0 bridgehead atoms. The molecule has 90 valence electrons. The molecule has 1 heterocycles. The molecule has 0 aliphatic carbocycles. The summed E-state index contributed by atoms with van der Waals surface area (Å²) >= 11 is 11.7. The van der Waals surface area contributed by atoms with E-state index in [9.17, 15) is 4.39 Å². The average Bonchev–Trinajstić information content (AvgIpc) is 2.32. The van der Waals surface area contributed by atoms with Crippen molar-refractivity contribution in [2.45, 2.75) is 6.42 Å². The number of hydrogen-bond acceptors (Lipinski definition) is 2. The molecule has 0 radical (unpaired) electrons. The fourth-order valence-corrected chi connectivity index (χ4v) is 1.84. The van der Waals surface area contributed by atoms with Crippen molar-refractivity contribution in [3.8, 4) is 17.3 Å². The number of pyridine rings is 1. The molecule has 0 aliphatic rings. The molecule has 2 nitrogen and oxygen atoms in total. The standard InChI is InChI=1S/C13H7Cl2FN2/c14-10-2-1-9(7-11(10)15)12-5-8(3-4-17)6-13(16)18-12/h1-2,5-7H,3H2. The summed E-state index contributed by atoms with van der Waals surface area (Å²) in [6.07, 6.45) is 0.133. The quantitative estimate of drug-likeness (QED) is 0.771. The number of halogens is 3. The van der Waals surface area contributed by atoms with Gasteiger partial charge in [0.25, 0.3) is 0 Å². The second-order valence-corrected chi connectivity index (χ2v) is 4.46. The van der Waals surface area contributed by atoms with Crippen LogP contribution in [0.2, 0.25) is 10.0 Å². The van der Waals surface area contributed by atoms with E-state index >= 15 is 0 Å². The van der Waals surface area contributed by atoms with Gasteiger partial charge in [-0.15, -0.1) is 0 Å². The highest BCUT2D eigenvalue weighted by molar-refractivity contribution is 6.42. The van der Waals surface area contributed by atoms with Crippen LogP contribution in [0.5, 0.6) is 0 Å². The number of aromatic nitrogens is 1. The van der Waals surface area contributed by atoms with E-state index in [1.54, 1.807) is 24.3 Å². The topological polar surface area (TPSA) is 36.7 Å². The zero-order chi connectivity index (χ0) is 13.1. The van der Waals surface area contributed by atoms with Gasteiger partial charge in [0.05, 0.1) is 28.2 Å². The minimum Gasteiger partial charge on any atom is -0.220 e. The summed E-state index contributed by atoms with van der Waals surface area (Å²) in [6.45, 7) is 0. The van der Waals surface area contributed by atoms with Gasteiger partial charge in [-0.2, -0.15) is 9.65 Å². The van der Waals surface area contributed by atoms with Crippen LogP contribution in [-0.2, 0) is 6.42 Å². The van der Waals surface area contributed by atoms with Crippen molar-refractivity contribution >= 4 is 23.2 Å². The van der Waals surface area contributed by atoms with Crippen LogP contribution in [0.3, 0.4) is 0 Å². The molecule has 0 fully saturated rings. The van der Waals surface area contributed by atoms with E-state index in [0.29, 0.717) is 26.9 Å². The van der Waals surface area contributed by atoms with E-state index in [-0.39, 0.29) is 6.42 Å². The third-order valence-electron chi connectivity index (χ3n) is 2.35. The molecular weight excluding hydrogens is 274 g/mol. The van der Waals surface area contributed by atoms with E-state index in [2.05, 4.69) is 4.98 Å². The van der Waals surface area contributed by atoms with Gasteiger partial charge in [-0.05, 0) is 29.8 Å². The highest BCUT2D eigenvalue weighted by Gasteiger charge is 2.07. The van der Waals surface area contributed by atoms with Crippen LogP contribution in [0.15, 0.2) is 30.3 Å². The molecule has 1 aromatic heterocycles. The van der Waals surface area contributed by atoms with Crippen molar-refractivity contribution in [3.63, 3.8) is 0 Å².